The zero-order valence-electron chi connectivity index (χ0n) is 15.1. The summed E-state index contributed by atoms with van der Waals surface area (Å²) in [7, 11) is 0. The highest BCUT2D eigenvalue weighted by atomic mass is 32.1. The monoisotopic (exact) mass is 381 g/mol. The van der Waals surface area contributed by atoms with Crippen LogP contribution in [0.2, 0.25) is 0 Å². The summed E-state index contributed by atoms with van der Waals surface area (Å²) in [5.74, 6) is 0.850. The Balaban J connectivity index is 1.64. The summed E-state index contributed by atoms with van der Waals surface area (Å²) >= 11 is 1.53. The average Bonchev–Trinajstić information content (AvgIpc) is 3.38. The van der Waals surface area contributed by atoms with Gasteiger partial charge >= 0.3 is 6.03 Å². The molecule has 27 heavy (non-hydrogen) atoms. The minimum Gasteiger partial charge on any atom is -0.440 e. The lowest BCUT2D eigenvalue weighted by Gasteiger charge is -2.25. The maximum atomic E-state index is 13.2. The lowest BCUT2D eigenvalue weighted by molar-refractivity contribution is -0.132. The van der Waals surface area contributed by atoms with Crippen LogP contribution in [0.25, 0.3) is 10.8 Å². The molecule has 3 amide bonds. The zero-order valence-corrected chi connectivity index (χ0v) is 15.9. The molecule has 4 rings (SSSR count). The number of hydrogen-bond acceptors (Lipinski definition) is 5. The molecule has 1 aliphatic rings. The molecule has 1 N–H and O–H groups in total. The lowest BCUT2D eigenvalue weighted by Crippen LogP contribution is -2.43. The van der Waals surface area contributed by atoms with Crippen LogP contribution in [0.15, 0.2) is 52.3 Å². The molecule has 6 nitrogen and oxygen atoms in total. The van der Waals surface area contributed by atoms with Gasteiger partial charge in [0.15, 0.2) is 0 Å². The predicted octanol–water partition coefficient (Wildman–Crippen LogP) is 4.07. The highest BCUT2D eigenvalue weighted by molar-refractivity contribution is 7.13. The largest absolute Gasteiger partial charge is 0.440 e. The SMILES string of the molecule is CCC1(c2ccccc2)NC(=O)N(Cc2nc(-c3cccs3)oc2C)C1=O. The van der Waals surface area contributed by atoms with Gasteiger partial charge in [-0.05, 0) is 30.4 Å². The topological polar surface area (TPSA) is 75.4 Å². The minimum absolute atomic E-state index is 0.0833. The summed E-state index contributed by atoms with van der Waals surface area (Å²) in [6, 6.07) is 12.8. The van der Waals surface area contributed by atoms with E-state index < -0.39 is 11.6 Å². The third-order valence-electron chi connectivity index (χ3n) is 4.91. The second-order valence-corrected chi connectivity index (χ2v) is 7.39. The number of nitrogens with zero attached hydrogens (tertiary/aromatic N) is 2. The standard InChI is InChI=1S/C20H19N3O3S/c1-3-20(14-8-5-4-6-9-14)18(24)23(19(25)22-20)12-15-13(2)26-17(21-15)16-10-7-11-27-16/h4-11H,3,12H2,1-2H3,(H,22,25). The maximum Gasteiger partial charge on any atom is 0.325 e. The van der Waals surface area contributed by atoms with Crippen molar-refractivity contribution in [3.63, 3.8) is 0 Å². The molecular weight excluding hydrogens is 362 g/mol. The number of imide groups is 1. The van der Waals surface area contributed by atoms with E-state index in [1.54, 1.807) is 6.92 Å². The molecule has 1 saturated heterocycles. The van der Waals surface area contributed by atoms with E-state index >= 15 is 0 Å². The van der Waals surface area contributed by atoms with E-state index in [0.717, 1.165) is 10.4 Å². The summed E-state index contributed by atoms with van der Waals surface area (Å²) in [6.07, 6.45) is 0.469. The molecule has 0 radical (unpaired) electrons. The minimum atomic E-state index is -1.04. The van der Waals surface area contributed by atoms with Crippen molar-refractivity contribution >= 4 is 23.3 Å². The number of aryl methyl sites for hydroxylation is 1. The molecule has 3 heterocycles. The van der Waals surface area contributed by atoms with E-state index in [1.165, 1.54) is 16.2 Å². The van der Waals surface area contributed by atoms with Gasteiger partial charge in [0, 0.05) is 0 Å². The first-order valence-corrected chi connectivity index (χ1v) is 9.63. The number of aromatic nitrogens is 1. The first-order chi connectivity index (χ1) is 13.0. The number of amides is 3. The molecule has 0 saturated carbocycles. The number of oxazole rings is 1. The first-order valence-electron chi connectivity index (χ1n) is 8.75. The lowest BCUT2D eigenvalue weighted by atomic mass is 9.87. The molecule has 1 aromatic carbocycles. The smallest absolute Gasteiger partial charge is 0.325 e. The molecule has 1 atom stereocenters. The van der Waals surface area contributed by atoms with Crippen LogP contribution < -0.4 is 5.32 Å². The van der Waals surface area contributed by atoms with Gasteiger partial charge in [-0.15, -0.1) is 11.3 Å². The highest BCUT2D eigenvalue weighted by Gasteiger charge is 2.51. The second kappa shape index (κ2) is 6.66. The van der Waals surface area contributed by atoms with Crippen molar-refractivity contribution in [3.05, 3.63) is 64.9 Å². The fourth-order valence-corrected chi connectivity index (χ4v) is 4.01. The van der Waals surface area contributed by atoms with E-state index in [-0.39, 0.29) is 12.5 Å². The van der Waals surface area contributed by atoms with E-state index in [0.29, 0.717) is 23.8 Å². The van der Waals surface area contributed by atoms with Crippen LogP contribution in [0.1, 0.15) is 30.4 Å². The molecular formula is C20H19N3O3S. The first kappa shape index (κ1) is 17.5. The van der Waals surface area contributed by atoms with E-state index in [4.69, 9.17) is 4.42 Å². The van der Waals surface area contributed by atoms with Crippen molar-refractivity contribution in [2.24, 2.45) is 0 Å². The Hall–Kier alpha value is -2.93. The third-order valence-corrected chi connectivity index (χ3v) is 5.76. The van der Waals surface area contributed by atoms with Gasteiger partial charge in [-0.3, -0.25) is 9.69 Å². The molecule has 0 spiro atoms. The molecule has 7 heteroatoms. The molecule has 1 aliphatic heterocycles. The van der Waals surface area contributed by atoms with Crippen molar-refractivity contribution in [1.29, 1.82) is 0 Å². The molecule has 0 aliphatic carbocycles. The molecule has 138 valence electrons. The maximum absolute atomic E-state index is 13.2. The Kier molecular flexibility index (Phi) is 4.31. The summed E-state index contributed by atoms with van der Waals surface area (Å²) in [5, 5.41) is 4.83. The molecule has 1 fully saturated rings. The van der Waals surface area contributed by atoms with Crippen LogP contribution >= 0.6 is 11.3 Å². The Morgan fingerprint density at radius 2 is 1.96 bits per heavy atom. The van der Waals surface area contributed by atoms with Crippen molar-refractivity contribution in [1.82, 2.24) is 15.2 Å². The third kappa shape index (κ3) is 2.84. The van der Waals surface area contributed by atoms with Crippen LogP contribution in [0.4, 0.5) is 4.79 Å². The van der Waals surface area contributed by atoms with Gasteiger partial charge in [0.1, 0.15) is 17.0 Å². The van der Waals surface area contributed by atoms with Crippen molar-refractivity contribution < 1.29 is 14.0 Å². The fraction of sp³-hybridized carbons (Fsp3) is 0.250. The van der Waals surface area contributed by atoms with Crippen molar-refractivity contribution in [2.45, 2.75) is 32.4 Å². The summed E-state index contributed by atoms with van der Waals surface area (Å²) in [6.45, 7) is 3.77. The van der Waals surface area contributed by atoms with Gasteiger partial charge in [-0.1, -0.05) is 43.3 Å². The number of rotatable bonds is 5. The van der Waals surface area contributed by atoms with E-state index in [1.807, 2.05) is 54.8 Å². The van der Waals surface area contributed by atoms with Gasteiger partial charge in [0.2, 0.25) is 5.89 Å². The number of benzene rings is 1. The van der Waals surface area contributed by atoms with Crippen LogP contribution in [-0.2, 0) is 16.9 Å². The summed E-state index contributed by atoms with van der Waals surface area (Å²) in [5.41, 5.74) is 0.332. The number of carbonyl (C=O) groups excluding carboxylic acids is 2. The molecule has 2 aromatic heterocycles. The van der Waals surface area contributed by atoms with Crippen LogP contribution in [-0.4, -0.2) is 21.8 Å². The van der Waals surface area contributed by atoms with Crippen LogP contribution in [0.5, 0.6) is 0 Å². The van der Waals surface area contributed by atoms with Gasteiger partial charge in [-0.2, -0.15) is 0 Å². The Morgan fingerprint density at radius 3 is 2.63 bits per heavy atom. The summed E-state index contributed by atoms with van der Waals surface area (Å²) < 4.78 is 5.73. The number of thiophene rings is 1. The van der Waals surface area contributed by atoms with Gasteiger partial charge in [0.25, 0.3) is 5.91 Å². The highest BCUT2D eigenvalue weighted by Crippen LogP contribution is 2.34. The Labute approximate surface area is 160 Å². The molecule has 3 aromatic rings. The summed E-state index contributed by atoms with van der Waals surface area (Å²) in [4.78, 5) is 32.5. The van der Waals surface area contributed by atoms with Gasteiger partial charge in [-0.25, -0.2) is 9.78 Å². The van der Waals surface area contributed by atoms with Crippen molar-refractivity contribution in [2.75, 3.05) is 0 Å². The zero-order chi connectivity index (χ0) is 19.0. The quantitative estimate of drug-likeness (QED) is 0.676. The van der Waals surface area contributed by atoms with Gasteiger partial charge < -0.3 is 9.73 Å². The normalized spacial score (nSPS) is 19.6. The molecule has 0 bridgehead atoms. The number of carbonyl (C=O) groups is 2. The second-order valence-electron chi connectivity index (χ2n) is 6.45. The van der Waals surface area contributed by atoms with Crippen LogP contribution in [0.3, 0.4) is 0 Å². The molecule has 1 unspecified atom stereocenters. The fourth-order valence-electron chi connectivity index (χ4n) is 3.36. The van der Waals surface area contributed by atoms with Crippen molar-refractivity contribution in [3.8, 4) is 10.8 Å². The van der Waals surface area contributed by atoms with Gasteiger partial charge in [0.05, 0.1) is 11.4 Å². The van der Waals surface area contributed by atoms with E-state index in [9.17, 15) is 9.59 Å². The Bertz CT molecular complexity index is 981. The van der Waals surface area contributed by atoms with E-state index in [2.05, 4.69) is 10.3 Å². The average molecular weight is 381 g/mol. The number of hydrogen-bond donors (Lipinski definition) is 1. The number of urea groups is 1. The Morgan fingerprint density at radius 1 is 1.19 bits per heavy atom. The van der Waals surface area contributed by atoms with Crippen LogP contribution in [0, 0.1) is 6.92 Å². The number of nitrogens with one attached hydrogen (secondary N) is 1. The predicted molar refractivity (Wildman–Crippen MR) is 102 cm³/mol.